The lowest BCUT2D eigenvalue weighted by molar-refractivity contribution is 0.402. The van der Waals surface area contributed by atoms with Crippen molar-refractivity contribution in [2.24, 2.45) is 5.92 Å². The predicted octanol–water partition coefficient (Wildman–Crippen LogP) is 3.48. The molecule has 1 rings (SSSR count). The molecule has 0 aliphatic rings. The van der Waals surface area contributed by atoms with Crippen LogP contribution in [0.2, 0.25) is 0 Å². The number of nitrogens with one attached hydrogen (secondary N) is 1. The van der Waals surface area contributed by atoms with Gasteiger partial charge in [0.1, 0.15) is 5.75 Å². The zero-order valence-electron chi connectivity index (χ0n) is 12.4. The third-order valence-corrected chi connectivity index (χ3v) is 3.23. The average Bonchev–Trinajstić information content (AvgIpc) is 2.42. The van der Waals surface area contributed by atoms with Crippen LogP contribution in [-0.2, 0) is 6.54 Å². The maximum atomic E-state index is 8.94. The van der Waals surface area contributed by atoms with Gasteiger partial charge in [-0.1, -0.05) is 13.8 Å². The standard InChI is InChI=1S/C16H24N2O/c1-12(2)5-6-13(3)18-11-15-9-14(10-17)7-8-16(15)19-4/h7-9,12-13,18H,5-6,11H2,1-4H3. The van der Waals surface area contributed by atoms with Crippen LogP contribution in [-0.4, -0.2) is 13.2 Å². The van der Waals surface area contributed by atoms with E-state index in [-0.39, 0.29) is 0 Å². The summed E-state index contributed by atoms with van der Waals surface area (Å²) in [5.41, 5.74) is 1.71. The first kappa shape index (κ1) is 15.5. The minimum absolute atomic E-state index is 0.470. The summed E-state index contributed by atoms with van der Waals surface area (Å²) >= 11 is 0. The number of methoxy groups -OCH3 is 1. The van der Waals surface area contributed by atoms with Gasteiger partial charge in [0.05, 0.1) is 18.7 Å². The van der Waals surface area contributed by atoms with Crippen molar-refractivity contribution in [2.75, 3.05) is 7.11 Å². The van der Waals surface area contributed by atoms with Gasteiger partial charge in [-0.25, -0.2) is 0 Å². The lowest BCUT2D eigenvalue weighted by Gasteiger charge is -2.16. The maximum absolute atomic E-state index is 8.94. The maximum Gasteiger partial charge on any atom is 0.123 e. The highest BCUT2D eigenvalue weighted by atomic mass is 16.5. The van der Waals surface area contributed by atoms with E-state index < -0.39 is 0 Å². The zero-order chi connectivity index (χ0) is 14.3. The van der Waals surface area contributed by atoms with Crippen LogP contribution in [0.3, 0.4) is 0 Å². The highest BCUT2D eigenvalue weighted by Crippen LogP contribution is 2.19. The van der Waals surface area contributed by atoms with Crippen LogP contribution in [0.15, 0.2) is 18.2 Å². The number of hydrogen-bond donors (Lipinski definition) is 1. The largest absolute Gasteiger partial charge is 0.496 e. The molecule has 1 aromatic carbocycles. The highest BCUT2D eigenvalue weighted by Gasteiger charge is 2.07. The van der Waals surface area contributed by atoms with Gasteiger partial charge in [0.2, 0.25) is 0 Å². The second-order valence-corrected chi connectivity index (χ2v) is 5.39. The summed E-state index contributed by atoms with van der Waals surface area (Å²) in [7, 11) is 1.66. The first-order valence-electron chi connectivity index (χ1n) is 6.87. The fraction of sp³-hybridized carbons (Fsp3) is 0.562. The molecule has 19 heavy (non-hydrogen) atoms. The van der Waals surface area contributed by atoms with Gasteiger partial charge in [0.25, 0.3) is 0 Å². The highest BCUT2D eigenvalue weighted by molar-refractivity contribution is 5.41. The van der Waals surface area contributed by atoms with Crippen LogP contribution >= 0.6 is 0 Å². The van der Waals surface area contributed by atoms with E-state index in [9.17, 15) is 0 Å². The summed E-state index contributed by atoms with van der Waals surface area (Å²) in [6, 6.07) is 8.16. The molecular formula is C16H24N2O. The SMILES string of the molecule is COc1ccc(C#N)cc1CNC(C)CCC(C)C. The van der Waals surface area contributed by atoms with E-state index in [0.717, 1.165) is 30.2 Å². The van der Waals surface area contributed by atoms with E-state index >= 15 is 0 Å². The van der Waals surface area contributed by atoms with Gasteiger partial charge in [-0.3, -0.25) is 0 Å². The minimum Gasteiger partial charge on any atom is -0.496 e. The molecular weight excluding hydrogens is 236 g/mol. The number of nitriles is 1. The molecule has 0 aromatic heterocycles. The van der Waals surface area contributed by atoms with E-state index in [0.29, 0.717) is 11.6 Å². The first-order chi connectivity index (χ1) is 9.06. The Kier molecular flexibility index (Phi) is 6.38. The van der Waals surface area contributed by atoms with Gasteiger partial charge in [-0.05, 0) is 43.9 Å². The number of benzene rings is 1. The molecule has 0 saturated carbocycles. The summed E-state index contributed by atoms with van der Waals surface area (Å²) < 4.78 is 5.33. The van der Waals surface area contributed by atoms with Crippen molar-refractivity contribution < 1.29 is 4.74 Å². The molecule has 1 unspecified atom stereocenters. The Balaban J connectivity index is 2.58. The van der Waals surface area contributed by atoms with Gasteiger partial charge in [-0.15, -0.1) is 0 Å². The van der Waals surface area contributed by atoms with Crippen molar-refractivity contribution in [2.45, 2.75) is 46.2 Å². The lowest BCUT2D eigenvalue weighted by atomic mass is 10.0. The molecule has 1 atom stereocenters. The normalized spacial score (nSPS) is 12.2. The van der Waals surface area contributed by atoms with Gasteiger partial charge in [0.15, 0.2) is 0 Å². The van der Waals surface area contributed by atoms with Crippen molar-refractivity contribution in [1.82, 2.24) is 5.32 Å². The lowest BCUT2D eigenvalue weighted by Crippen LogP contribution is -2.26. The smallest absolute Gasteiger partial charge is 0.123 e. The number of hydrogen-bond acceptors (Lipinski definition) is 3. The molecule has 0 aliphatic heterocycles. The van der Waals surface area contributed by atoms with Crippen molar-refractivity contribution in [1.29, 1.82) is 5.26 Å². The monoisotopic (exact) mass is 260 g/mol. The Hall–Kier alpha value is -1.53. The van der Waals surface area contributed by atoms with Gasteiger partial charge in [0, 0.05) is 18.2 Å². The summed E-state index contributed by atoms with van der Waals surface area (Å²) in [5, 5.41) is 12.4. The minimum atomic E-state index is 0.470. The fourth-order valence-electron chi connectivity index (χ4n) is 1.96. The van der Waals surface area contributed by atoms with Crippen LogP contribution in [0.4, 0.5) is 0 Å². The molecule has 1 aromatic rings. The van der Waals surface area contributed by atoms with Crippen molar-refractivity contribution in [3.05, 3.63) is 29.3 Å². The van der Waals surface area contributed by atoms with E-state index in [1.54, 1.807) is 13.2 Å². The molecule has 0 aliphatic carbocycles. The van der Waals surface area contributed by atoms with Crippen molar-refractivity contribution in [3.63, 3.8) is 0 Å². The molecule has 0 heterocycles. The van der Waals surface area contributed by atoms with Gasteiger partial charge < -0.3 is 10.1 Å². The molecule has 0 fully saturated rings. The van der Waals surface area contributed by atoms with Crippen LogP contribution in [0, 0.1) is 17.2 Å². The molecule has 104 valence electrons. The summed E-state index contributed by atoms with van der Waals surface area (Å²) in [6.45, 7) is 7.42. The average molecular weight is 260 g/mol. The van der Waals surface area contributed by atoms with E-state index in [2.05, 4.69) is 32.2 Å². The van der Waals surface area contributed by atoms with Crippen LogP contribution in [0.5, 0.6) is 5.75 Å². The van der Waals surface area contributed by atoms with Crippen molar-refractivity contribution in [3.8, 4) is 11.8 Å². The Morgan fingerprint density at radius 1 is 1.26 bits per heavy atom. The number of rotatable bonds is 7. The molecule has 0 spiro atoms. The molecule has 3 heteroatoms. The number of nitrogens with zero attached hydrogens (tertiary/aromatic N) is 1. The zero-order valence-corrected chi connectivity index (χ0v) is 12.4. The number of ether oxygens (including phenoxy) is 1. The fourth-order valence-corrected chi connectivity index (χ4v) is 1.96. The van der Waals surface area contributed by atoms with Crippen molar-refractivity contribution >= 4 is 0 Å². The van der Waals surface area contributed by atoms with Crippen LogP contribution in [0.1, 0.15) is 44.7 Å². The Morgan fingerprint density at radius 3 is 2.58 bits per heavy atom. The molecule has 3 nitrogen and oxygen atoms in total. The summed E-state index contributed by atoms with van der Waals surface area (Å²) in [4.78, 5) is 0. The molecule has 1 N–H and O–H groups in total. The third kappa shape index (κ3) is 5.32. The second-order valence-electron chi connectivity index (χ2n) is 5.39. The second kappa shape index (κ2) is 7.81. The van der Waals surface area contributed by atoms with Gasteiger partial charge in [-0.2, -0.15) is 5.26 Å². The molecule has 0 amide bonds. The Bertz CT molecular complexity index is 435. The van der Waals surface area contributed by atoms with Gasteiger partial charge >= 0.3 is 0 Å². The first-order valence-corrected chi connectivity index (χ1v) is 6.87. The summed E-state index contributed by atoms with van der Waals surface area (Å²) in [6.07, 6.45) is 2.39. The quantitative estimate of drug-likeness (QED) is 0.816. The predicted molar refractivity (Wildman–Crippen MR) is 78.1 cm³/mol. The molecule has 0 radical (unpaired) electrons. The van der Waals surface area contributed by atoms with E-state index in [4.69, 9.17) is 10.00 Å². The third-order valence-electron chi connectivity index (χ3n) is 3.23. The van der Waals surface area contributed by atoms with E-state index in [1.807, 2.05) is 12.1 Å². The van der Waals surface area contributed by atoms with E-state index in [1.165, 1.54) is 6.42 Å². The molecule has 0 saturated heterocycles. The Morgan fingerprint density at radius 2 is 2.00 bits per heavy atom. The van der Waals surface area contributed by atoms with Crippen LogP contribution < -0.4 is 10.1 Å². The summed E-state index contributed by atoms with van der Waals surface area (Å²) in [5.74, 6) is 1.57. The molecule has 0 bridgehead atoms. The Labute approximate surface area is 116 Å². The topological polar surface area (TPSA) is 45.0 Å². The van der Waals surface area contributed by atoms with Crippen LogP contribution in [0.25, 0.3) is 0 Å².